The number of nitrogens with zero attached hydrogens (tertiary/aromatic N) is 1. The number of benzene rings is 2. The SMILES string of the molecule is O=C(c1ccc(O)cc1)C1CCN(Cc2cccc(OCC(F)(F)F)c2)CC1. The standard InChI is InChI=1S/C21H22F3NO3/c22-21(23,24)14-28-19-3-1-2-15(12-19)13-25-10-8-17(9-11-25)20(27)16-4-6-18(26)7-5-16/h1-7,12,17,26H,8-11,13-14H2. The monoisotopic (exact) mass is 393 g/mol. The van der Waals surface area contributed by atoms with Crippen molar-refractivity contribution in [3.63, 3.8) is 0 Å². The lowest BCUT2D eigenvalue weighted by molar-refractivity contribution is -0.153. The van der Waals surface area contributed by atoms with Gasteiger partial charge in [0, 0.05) is 18.0 Å². The minimum atomic E-state index is -4.36. The summed E-state index contributed by atoms with van der Waals surface area (Å²) in [6, 6.07) is 13.0. The number of carbonyl (C=O) groups excluding carboxylic acids is 1. The Morgan fingerprint density at radius 2 is 1.79 bits per heavy atom. The van der Waals surface area contributed by atoms with Crippen molar-refractivity contribution < 1.29 is 27.8 Å². The molecule has 0 aliphatic carbocycles. The van der Waals surface area contributed by atoms with Gasteiger partial charge < -0.3 is 9.84 Å². The van der Waals surface area contributed by atoms with Crippen LogP contribution in [0.15, 0.2) is 48.5 Å². The van der Waals surface area contributed by atoms with Crippen LogP contribution in [-0.4, -0.2) is 41.7 Å². The van der Waals surface area contributed by atoms with Gasteiger partial charge in [0.25, 0.3) is 0 Å². The Morgan fingerprint density at radius 3 is 2.43 bits per heavy atom. The van der Waals surface area contributed by atoms with E-state index < -0.39 is 12.8 Å². The first kappa shape index (κ1) is 20.2. The molecule has 4 nitrogen and oxygen atoms in total. The van der Waals surface area contributed by atoms with E-state index in [0.29, 0.717) is 12.1 Å². The number of alkyl halides is 3. The summed E-state index contributed by atoms with van der Waals surface area (Å²) in [5.41, 5.74) is 1.48. The number of carbonyl (C=O) groups is 1. The van der Waals surface area contributed by atoms with Crippen molar-refractivity contribution in [1.82, 2.24) is 4.90 Å². The van der Waals surface area contributed by atoms with E-state index in [1.54, 1.807) is 24.3 Å². The van der Waals surface area contributed by atoms with Crippen molar-refractivity contribution in [3.05, 3.63) is 59.7 Å². The van der Waals surface area contributed by atoms with Gasteiger partial charge in [-0.2, -0.15) is 13.2 Å². The van der Waals surface area contributed by atoms with Crippen LogP contribution in [0.5, 0.6) is 11.5 Å². The minimum absolute atomic E-state index is 0.0535. The maximum Gasteiger partial charge on any atom is 0.422 e. The predicted octanol–water partition coefficient (Wildman–Crippen LogP) is 4.43. The summed E-state index contributed by atoms with van der Waals surface area (Å²) in [6.45, 7) is 0.773. The molecule has 28 heavy (non-hydrogen) atoms. The normalized spacial score (nSPS) is 16.1. The summed E-state index contributed by atoms with van der Waals surface area (Å²) in [4.78, 5) is 14.7. The van der Waals surface area contributed by atoms with Gasteiger partial charge in [0.1, 0.15) is 11.5 Å². The van der Waals surface area contributed by atoms with Crippen LogP contribution < -0.4 is 4.74 Å². The Labute approximate surface area is 161 Å². The fourth-order valence-electron chi connectivity index (χ4n) is 3.37. The third-order valence-corrected chi connectivity index (χ3v) is 4.82. The zero-order chi connectivity index (χ0) is 20.1. The summed E-state index contributed by atoms with van der Waals surface area (Å²) >= 11 is 0. The van der Waals surface area contributed by atoms with E-state index in [0.717, 1.165) is 31.5 Å². The number of ether oxygens (including phenoxy) is 1. The average Bonchev–Trinajstić information content (AvgIpc) is 2.67. The lowest BCUT2D eigenvalue weighted by Crippen LogP contribution is -2.35. The van der Waals surface area contributed by atoms with Gasteiger partial charge in [-0.15, -0.1) is 0 Å². The zero-order valence-electron chi connectivity index (χ0n) is 15.3. The number of hydrogen-bond donors (Lipinski definition) is 1. The van der Waals surface area contributed by atoms with E-state index in [2.05, 4.69) is 4.90 Å². The van der Waals surface area contributed by atoms with Gasteiger partial charge in [-0.05, 0) is 67.9 Å². The predicted molar refractivity (Wildman–Crippen MR) is 98.4 cm³/mol. The lowest BCUT2D eigenvalue weighted by Gasteiger charge is -2.31. The zero-order valence-corrected chi connectivity index (χ0v) is 15.3. The molecule has 0 saturated carbocycles. The van der Waals surface area contributed by atoms with Crippen molar-refractivity contribution in [2.45, 2.75) is 25.6 Å². The Kier molecular flexibility index (Phi) is 6.24. The first-order valence-corrected chi connectivity index (χ1v) is 9.14. The molecule has 0 unspecified atom stereocenters. The van der Waals surface area contributed by atoms with Gasteiger partial charge in [0.2, 0.25) is 0 Å². The molecule has 0 bridgehead atoms. The molecular weight excluding hydrogens is 371 g/mol. The van der Waals surface area contributed by atoms with Crippen molar-refractivity contribution in [2.75, 3.05) is 19.7 Å². The third-order valence-electron chi connectivity index (χ3n) is 4.82. The molecular formula is C21H22F3NO3. The Bertz CT molecular complexity index is 797. The molecule has 150 valence electrons. The van der Waals surface area contributed by atoms with E-state index in [1.165, 1.54) is 18.2 Å². The molecule has 0 spiro atoms. The molecule has 0 amide bonds. The smallest absolute Gasteiger partial charge is 0.422 e. The van der Waals surface area contributed by atoms with E-state index >= 15 is 0 Å². The van der Waals surface area contributed by atoms with Crippen molar-refractivity contribution in [2.24, 2.45) is 5.92 Å². The van der Waals surface area contributed by atoms with E-state index in [-0.39, 0.29) is 23.2 Å². The third kappa shape index (κ3) is 5.73. The molecule has 1 heterocycles. The van der Waals surface area contributed by atoms with Gasteiger partial charge >= 0.3 is 6.18 Å². The number of ketones is 1. The number of halogens is 3. The molecule has 0 aromatic heterocycles. The molecule has 1 N–H and O–H groups in total. The second kappa shape index (κ2) is 8.65. The summed E-state index contributed by atoms with van der Waals surface area (Å²) in [5, 5.41) is 9.33. The van der Waals surface area contributed by atoms with Crippen molar-refractivity contribution >= 4 is 5.78 Å². The summed E-state index contributed by atoms with van der Waals surface area (Å²) in [5.74, 6) is 0.365. The number of rotatable bonds is 6. The average molecular weight is 393 g/mol. The largest absolute Gasteiger partial charge is 0.508 e. The second-order valence-corrected chi connectivity index (χ2v) is 7.01. The van der Waals surface area contributed by atoms with E-state index in [1.807, 2.05) is 6.07 Å². The molecule has 1 aliphatic rings. The van der Waals surface area contributed by atoms with Crippen LogP contribution in [0.2, 0.25) is 0 Å². The molecule has 1 saturated heterocycles. The molecule has 1 aliphatic heterocycles. The molecule has 7 heteroatoms. The van der Waals surface area contributed by atoms with Crippen molar-refractivity contribution in [1.29, 1.82) is 0 Å². The highest BCUT2D eigenvalue weighted by atomic mass is 19.4. The fraction of sp³-hybridized carbons (Fsp3) is 0.381. The lowest BCUT2D eigenvalue weighted by atomic mass is 9.88. The number of aromatic hydroxyl groups is 1. The summed E-state index contributed by atoms with van der Waals surface area (Å²) < 4.78 is 41.7. The number of phenolic OH excluding ortho intramolecular Hbond substituents is 1. The second-order valence-electron chi connectivity index (χ2n) is 7.01. The molecule has 3 rings (SSSR count). The quantitative estimate of drug-likeness (QED) is 0.738. The summed E-state index contributed by atoms with van der Waals surface area (Å²) in [6.07, 6.45) is -2.91. The maximum atomic E-state index is 12.6. The first-order chi connectivity index (χ1) is 13.3. The number of hydrogen-bond acceptors (Lipinski definition) is 4. The molecule has 2 aromatic carbocycles. The minimum Gasteiger partial charge on any atom is -0.508 e. The van der Waals surface area contributed by atoms with Crippen LogP contribution >= 0.6 is 0 Å². The van der Waals surface area contributed by atoms with Gasteiger partial charge in [-0.25, -0.2) is 0 Å². The molecule has 2 aromatic rings. The fourth-order valence-corrected chi connectivity index (χ4v) is 3.37. The van der Waals surface area contributed by atoms with Gasteiger partial charge in [0.05, 0.1) is 0 Å². The van der Waals surface area contributed by atoms with Crippen LogP contribution in [0.25, 0.3) is 0 Å². The van der Waals surface area contributed by atoms with Crippen LogP contribution in [0.1, 0.15) is 28.8 Å². The van der Waals surface area contributed by atoms with Crippen LogP contribution in [0.4, 0.5) is 13.2 Å². The number of Topliss-reactive ketones (excluding diaryl/α,β-unsaturated/α-hetero) is 1. The summed E-state index contributed by atoms with van der Waals surface area (Å²) in [7, 11) is 0. The highest BCUT2D eigenvalue weighted by Gasteiger charge is 2.28. The Hall–Kier alpha value is -2.54. The molecule has 0 atom stereocenters. The van der Waals surface area contributed by atoms with Crippen LogP contribution in [-0.2, 0) is 6.54 Å². The Morgan fingerprint density at radius 1 is 1.11 bits per heavy atom. The van der Waals surface area contributed by atoms with Gasteiger partial charge in [-0.1, -0.05) is 12.1 Å². The molecule has 0 radical (unpaired) electrons. The highest BCUT2D eigenvalue weighted by molar-refractivity contribution is 5.98. The maximum absolute atomic E-state index is 12.6. The van der Waals surface area contributed by atoms with Crippen LogP contribution in [0, 0.1) is 5.92 Å². The van der Waals surface area contributed by atoms with E-state index in [9.17, 15) is 23.1 Å². The van der Waals surface area contributed by atoms with Gasteiger partial charge in [0.15, 0.2) is 12.4 Å². The molecule has 1 fully saturated rings. The highest BCUT2D eigenvalue weighted by Crippen LogP contribution is 2.25. The van der Waals surface area contributed by atoms with E-state index in [4.69, 9.17) is 4.74 Å². The first-order valence-electron chi connectivity index (χ1n) is 9.14. The topological polar surface area (TPSA) is 49.8 Å². The van der Waals surface area contributed by atoms with Gasteiger partial charge in [-0.3, -0.25) is 9.69 Å². The number of phenols is 1. The number of likely N-dealkylation sites (tertiary alicyclic amines) is 1. The van der Waals surface area contributed by atoms with Crippen molar-refractivity contribution in [3.8, 4) is 11.5 Å². The van der Waals surface area contributed by atoms with Crippen LogP contribution in [0.3, 0.4) is 0 Å². The Balaban J connectivity index is 1.51. The number of piperidine rings is 1.